The normalized spacial score (nSPS) is 9.80. The van der Waals surface area contributed by atoms with Gasteiger partial charge in [0, 0.05) is 25.1 Å². The molecule has 0 saturated carbocycles. The van der Waals surface area contributed by atoms with Crippen molar-refractivity contribution >= 4 is 11.6 Å². The SMILES string of the molecule is CCCCN(C(=O)C(CC#N)CC#N)c1ccccc1. The lowest BCUT2D eigenvalue weighted by molar-refractivity contribution is -0.122. The number of anilines is 1. The molecule has 20 heavy (non-hydrogen) atoms. The Balaban J connectivity index is 2.95. The molecule has 0 aliphatic rings. The van der Waals surface area contributed by atoms with E-state index in [1.54, 1.807) is 4.90 Å². The molecule has 0 radical (unpaired) electrons. The average molecular weight is 269 g/mol. The van der Waals surface area contributed by atoms with E-state index >= 15 is 0 Å². The van der Waals surface area contributed by atoms with E-state index in [0.29, 0.717) is 6.54 Å². The lowest BCUT2D eigenvalue weighted by Gasteiger charge is -2.25. The van der Waals surface area contributed by atoms with Crippen molar-refractivity contribution in [2.45, 2.75) is 32.6 Å². The lowest BCUT2D eigenvalue weighted by Crippen LogP contribution is -2.37. The second-order valence-corrected chi connectivity index (χ2v) is 4.60. The first-order valence-electron chi connectivity index (χ1n) is 6.84. The molecule has 0 aliphatic heterocycles. The van der Waals surface area contributed by atoms with Gasteiger partial charge in [-0.05, 0) is 18.6 Å². The minimum absolute atomic E-state index is 0.0852. The minimum atomic E-state index is -0.540. The van der Waals surface area contributed by atoms with Gasteiger partial charge in [-0.25, -0.2) is 0 Å². The maximum absolute atomic E-state index is 12.6. The molecule has 0 atom stereocenters. The summed E-state index contributed by atoms with van der Waals surface area (Å²) in [5.74, 6) is -0.671. The third kappa shape index (κ3) is 4.40. The number of rotatable bonds is 7. The second-order valence-electron chi connectivity index (χ2n) is 4.60. The predicted molar refractivity (Wildman–Crippen MR) is 77.7 cm³/mol. The van der Waals surface area contributed by atoms with Gasteiger partial charge in [-0.2, -0.15) is 10.5 Å². The van der Waals surface area contributed by atoms with Crippen molar-refractivity contribution in [1.29, 1.82) is 10.5 Å². The Labute approximate surface area is 120 Å². The van der Waals surface area contributed by atoms with Gasteiger partial charge in [0.25, 0.3) is 0 Å². The van der Waals surface area contributed by atoms with Crippen LogP contribution in [0.5, 0.6) is 0 Å². The topological polar surface area (TPSA) is 67.9 Å². The van der Waals surface area contributed by atoms with E-state index in [1.165, 1.54) is 0 Å². The van der Waals surface area contributed by atoms with Crippen molar-refractivity contribution in [3.8, 4) is 12.1 Å². The van der Waals surface area contributed by atoms with Gasteiger partial charge in [0.2, 0.25) is 5.91 Å². The third-order valence-corrected chi connectivity index (χ3v) is 3.09. The van der Waals surface area contributed by atoms with Crippen LogP contribution in [0.4, 0.5) is 5.69 Å². The lowest BCUT2D eigenvalue weighted by atomic mass is 10.0. The highest BCUT2D eigenvalue weighted by molar-refractivity contribution is 5.95. The highest BCUT2D eigenvalue weighted by Gasteiger charge is 2.24. The van der Waals surface area contributed by atoms with Gasteiger partial charge >= 0.3 is 0 Å². The fraction of sp³-hybridized carbons (Fsp3) is 0.438. The van der Waals surface area contributed by atoms with Crippen LogP contribution in [-0.4, -0.2) is 12.5 Å². The largest absolute Gasteiger partial charge is 0.312 e. The van der Waals surface area contributed by atoms with Crippen molar-refractivity contribution < 1.29 is 4.79 Å². The van der Waals surface area contributed by atoms with E-state index < -0.39 is 5.92 Å². The molecule has 0 bridgehead atoms. The van der Waals surface area contributed by atoms with Gasteiger partial charge in [0.15, 0.2) is 0 Å². The van der Waals surface area contributed by atoms with E-state index in [0.717, 1.165) is 18.5 Å². The van der Waals surface area contributed by atoms with Crippen LogP contribution in [0.25, 0.3) is 0 Å². The molecule has 4 heteroatoms. The Kier molecular flexibility index (Phi) is 6.85. The van der Waals surface area contributed by atoms with E-state index in [4.69, 9.17) is 10.5 Å². The molecule has 4 nitrogen and oxygen atoms in total. The van der Waals surface area contributed by atoms with Gasteiger partial charge in [0.1, 0.15) is 0 Å². The number of carbonyl (C=O) groups is 1. The van der Waals surface area contributed by atoms with Crippen LogP contribution >= 0.6 is 0 Å². The summed E-state index contributed by atoms with van der Waals surface area (Å²) in [6.45, 7) is 2.68. The molecule has 1 aromatic rings. The highest BCUT2D eigenvalue weighted by atomic mass is 16.2. The maximum atomic E-state index is 12.6. The Hall–Kier alpha value is -2.33. The van der Waals surface area contributed by atoms with Gasteiger partial charge in [0.05, 0.1) is 18.1 Å². The number of amides is 1. The summed E-state index contributed by atoms with van der Waals surface area (Å²) < 4.78 is 0. The highest BCUT2D eigenvalue weighted by Crippen LogP contribution is 2.20. The minimum Gasteiger partial charge on any atom is -0.312 e. The number of para-hydroxylation sites is 1. The molecule has 1 rings (SSSR count). The summed E-state index contributed by atoms with van der Waals surface area (Å²) >= 11 is 0. The molecular formula is C16H19N3O. The number of unbranched alkanes of at least 4 members (excludes halogenated alkanes) is 1. The number of nitriles is 2. The Morgan fingerprint density at radius 3 is 2.30 bits per heavy atom. The molecular weight excluding hydrogens is 250 g/mol. The Bertz CT molecular complexity index is 483. The van der Waals surface area contributed by atoms with Gasteiger partial charge in [-0.3, -0.25) is 4.79 Å². The van der Waals surface area contributed by atoms with Crippen molar-refractivity contribution in [3.05, 3.63) is 30.3 Å². The predicted octanol–water partition coefficient (Wildman–Crippen LogP) is 3.26. The number of hydrogen-bond acceptors (Lipinski definition) is 3. The van der Waals surface area contributed by atoms with Crippen LogP contribution in [0, 0.1) is 28.6 Å². The number of nitrogens with zero attached hydrogens (tertiary/aromatic N) is 3. The molecule has 0 unspecified atom stereocenters. The van der Waals surface area contributed by atoms with Crippen molar-refractivity contribution in [1.82, 2.24) is 0 Å². The summed E-state index contributed by atoms with van der Waals surface area (Å²) in [4.78, 5) is 14.3. The summed E-state index contributed by atoms with van der Waals surface area (Å²) in [5, 5.41) is 17.6. The quantitative estimate of drug-likeness (QED) is 0.763. The molecule has 104 valence electrons. The Morgan fingerprint density at radius 1 is 1.20 bits per heavy atom. The zero-order chi connectivity index (χ0) is 14.8. The molecule has 0 N–H and O–H groups in total. The van der Waals surface area contributed by atoms with Crippen molar-refractivity contribution in [3.63, 3.8) is 0 Å². The summed E-state index contributed by atoms with van der Waals surface area (Å²) in [6, 6.07) is 13.4. The van der Waals surface area contributed by atoms with Crippen LogP contribution in [-0.2, 0) is 4.79 Å². The fourth-order valence-corrected chi connectivity index (χ4v) is 1.98. The van der Waals surface area contributed by atoms with Gasteiger partial charge in [-0.1, -0.05) is 31.5 Å². The van der Waals surface area contributed by atoms with Gasteiger partial charge < -0.3 is 4.90 Å². The second kappa shape index (κ2) is 8.72. The molecule has 0 aliphatic carbocycles. The molecule has 0 fully saturated rings. The van der Waals surface area contributed by atoms with Crippen LogP contribution in [0.2, 0.25) is 0 Å². The smallest absolute Gasteiger partial charge is 0.232 e. The first-order valence-corrected chi connectivity index (χ1v) is 6.84. The molecule has 1 aromatic carbocycles. The number of carbonyl (C=O) groups excluding carboxylic acids is 1. The van der Waals surface area contributed by atoms with Crippen LogP contribution < -0.4 is 4.90 Å². The summed E-state index contributed by atoms with van der Waals surface area (Å²) in [5.41, 5.74) is 0.826. The number of hydrogen-bond donors (Lipinski definition) is 0. The average Bonchev–Trinajstić information content (AvgIpc) is 2.48. The standard InChI is InChI=1S/C16H19N3O/c1-2-3-13-19(15-7-5-4-6-8-15)16(20)14(9-11-17)10-12-18/h4-8,14H,2-3,9-10,13H2,1H3. The van der Waals surface area contributed by atoms with Crippen molar-refractivity contribution in [2.75, 3.05) is 11.4 Å². The molecule has 0 saturated heterocycles. The van der Waals surface area contributed by atoms with Crippen LogP contribution in [0.1, 0.15) is 32.6 Å². The number of benzene rings is 1. The third-order valence-electron chi connectivity index (χ3n) is 3.09. The van der Waals surface area contributed by atoms with E-state index in [-0.39, 0.29) is 18.7 Å². The monoisotopic (exact) mass is 269 g/mol. The zero-order valence-electron chi connectivity index (χ0n) is 11.7. The maximum Gasteiger partial charge on any atom is 0.232 e. The summed E-state index contributed by atoms with van der Waals surface area (Å²) in [7, 11) is 0. The molecule has 0 spiro atoms. The van der Waals surface area contributed by atoms with E-state index in [9.17, 15) is 4.79 Å². The molecule has 1 amide bonds. The first-order chi connectivity index (χ1) is 9.74. The Morgan fingerprint density at radius 2 is 1.80 bits per heavy atom. The summed E-state index contributed by atoms with van der Waals surface area (Å²) in [6.07, 6.45) is 2.05. The molecule has 0 aromatic heterocycles. The first kappa shape index (κ1) is 15.7. The van der Waals surface area contributed by atoms with E-state index in [2.05, 4.69) is 6.92 Å². The molecule has 0 heterocycles. The zero-order valence-corrected chi connectivity index (χ0v) is 11.7. The fourth-order valence-electron chi connectivity index (χ4n) is 1.98. The van der Waals surface area contributed by atoms with Crippen LogP contribution in [0.15, 0.2) is 30.3 Å². The van der Waals surface area contributed by atoms with Crippen molar-refractivity contribution in [2.24, 2.45) is 5.92 Å². The van der Waals surface area contributed by atoms with Gasteiger partial charge in [-0.15, -0.1) is 0 Å². The van der Waals surface area contributed by atoms with E-state index in [1.807, 2.05) is 42.5 Å². The van der Waals surface area contributed by atoms with Crippen LogP contribution in [0.3, 0.4) is 0 Å².